The van der Waals surface area contributed by atoms with Crippen molar-refractivity contribution in [2.24, 2.45) is 5.92 Å². The molecular formula is C17H33NO3. The molecule has 3 N–H and O–H groups in total. The maximum Gasteiger partial charge on any atom is 0.0898 e. The van der Waals surface area contributed by atoms with Crippen molar-refractivity contribution in [1.29, 1.82) is 0 Å². The first-order valence-electron chi connectivity index (χ1n) is 8.81. The van der Waals surface area contributed by atoms with E-state index in [1.165, 1.54) is 38.5 Å². The van der Waals surface area contributed by atoms with Gasteiger partial charge in [-0.25, -0.2) is 0 Å². The van der Waals surface area contributed by atoms with E-state index in [9.17, 15) is 10.2 Å². The van der Waals surface area contributed by atoms with Crippen LogP contribution in [0.2, 0.25) is 0 Å². The molecule has 0 bridgehead atoms. The van der Waals surface area contributed by atoms with Gasteiger partial charge in [-0.2, -0.15) is 0 Å². The molecule has 2 rings (SSSR count). The number of aliphatic hydroxyl groups excluding tert-OH is 2. The molecule has 0 saturated heterocycles. The van der Waals surface area contributed by atoms with Crippen LogP contribution in [0, 0.1) is 5.92 Å². The zero-order valence-electron chi connectivity index (χ0n) is 13.5. The fraction of sp³-hybridized carbons (Fsp3) is 1.00. The molecule has 0 aromatic rings. The van der Waals surface area contributed by atoms with Crippen molar-refractivity contribution in [3.63, 3.8) is 0 Å². The molecule has 0 radical (unpaired) electrons. The summed E-state index contributed by atoms with van der Waals surface area (Å²) in [6, 6.07) is 0. The van der Waals surface area contributed by atoms with Crippen molar-refractivity contribution < 1.29 is 14.9 Å². The third kappa shape index (κ3) is 5.20. The van der Waals surface area contributed by atoms with Crippen LogP contribution in [0.15, 0.2) is 0 Å². The molecule has 2 fully saturated rings. The zero-order chi connectivity index (χ0) is 15.1. The standard InChI is InChI=1S/C17H33NO3/c1-14-7-3-4-8-16(14)21-12-15(20)11-18-17(13-19)9-5-2-6-10-17/h14-16,18-20H,2-13H2,1H3. The van der Waals surface area contributed by atoms with Crippen LogP contribution >= 0.6 is 0 Å². The Bertz CT molecular complexity index is 292. The minimum absolute atomic E-state index is 0.167. The van der Waals surface area contributed by atoms with Crippen LogP contribution < -0.4 is 5.32 Å². The van der Waals surface area contributed by atoms with E-state index in [4.69, 9.17) is 4.74 Å². The zero-order valence-corrected chi connectivity index (χ0v) is 13.5. The van der Waals surface area contributed by atoms with Crippen molar-refractivity contribution in [3.05, 3.63) is 0 Å². The molecule has 0 aliphatic heterocycles. The third-order valence-corrected chi connectivity index (χ3v) is 5.36. The fourth-order valence-electron chi connectivity index (χ4n) is 3.78. The summed E-state index contributed by atoms with van der Waals surface area (Å²) >= 11 is 0. The van der Waals surface area contributed by atoms with Gasteiger partial charge in [0.25, 0.3) is 0 Å². The Kier molecular flexibility index (Phi) is 6.93. The van der Waals surface area contributed by atoms with Crippen LogP contribution in [-0.2, 0) is 4.74 Å². The SMILES string of the molecule is CC1CCCCC1OCC(O)CNC1(CO)CCCCC1. The number of ether oxygens (including phenoxy) is 1. The molecule has 2 saturated carbocycles. The largest absolute Gasteiger partial charge is 0.394 e. The molecular weight excluding hydrogens is 266 g/mol. The average molecular weight is 299 g/mol. The van der Waals surface area contributed by atoms with Gasteiger partial charge in [-0.1, -0.05) is 39.0 Å². The van der Waals surface area contributed by atoms with E-state index in [2.05, 4.69) is 12.2 Å². The highest BCUT2D eigenvalue weighted by atomic mass is 16.5. The van der Waals surface area contributed by atoms with Gasteiger partial charge in [-0.05, 0) is 31.6 Å². The topological polar surface area (TPSA) is 61.7 Å². The van der Waals surface area contributed by atoms with E-state index >= 15 is 0 Å². The maximum atomic E-state index is 10.1. The Labute approximate surface area is 129 Å². The van der Waals surface area contributed by atoms with E-state index in [1.807, 2.05) is 0 Å². The van der Waals surface area contributed by atoms with Crippen LogP contribution in [0.1, 0.15) is 64.7 Å². The highest BCUT2D eigenvalue weighted by Gasteiger charge is 2.31. The van der Waals surface area contributed by atoms with Gasteiger partial charge in [0, 0.05) is 12.1 Å². The minimum Gasteiger partial charge on any atom is -0.394 e. The van der Waals surface area contributed by atoms with Crippen LogP contribution in [0.25, 0.3) is 0 Å². The molecule has 4 heteroatoms. The minimum atomic E-state index is -0.482. The van der Waals surface area contributed by atoms with Gasteiger partial charge in [0.15, 0.2) is 0 Å². The van der Waals surface area contributed by atoms with Gasteiger partial charge in [0.2, 0.25) is 0 Å². The lowest BCUT2D eigenvalue weighted by atomic mass is 9.82. The first-order valence-corrected chi connectivity index (χ1v) is 8.81. The normalized spacial score (nSPS) is 31.0. The summed E-state index contributed by atoms with van der Waals surface area (Å²) in [6.07, 6.45) is 10.4. The second kappa shape index (κ2) is 8.47. The Balaban J connectivity index is 1.67. The molecule has 0 spiro atoms. The number of nitrogens with one attached hydrogen (secondary N) is 1. The summed E-state index contributed by atoms with van der Waals surface area (Å²) in [4.78, 5) is 0. The molecule has 2 aliphatic rings. The van der Waals surface area contributed by atoms with Gasteiger partial charge in [0.05, 0.1) is 25.4 Å². The van der Waals surface area contributed by atoms with Crippen molar-refractivity contribution >= 4 is 0 Å². The summed E-state index contributed by atoms with van der Waals surface area (Å²) < 4.78 is 5.91. The van der Waals surface area contributed by atoms with Crippen LogP contribution in [0.5, 0.6) is 0 Å². The van der Waals surface area contributed by atoms with E-state index in [0.29, 0.717) is 25.2 Å². The fourth-order valence-corrected chi connectivity index (χ4v) is 3.78. The molecule has 2 aliphatic carbocycles. The van der Waals surface area contributed by atoms with Gasteiger partial charge >= 0.3 is 0 Å². The predicted molar refractivity (Wildman–Crippen MR) is 84.3 cm³/mol. The molecule has 0 heterocycles. The van der Waals surface area contributed by atoms with E-state index in [1.54, 1.807) is 0 Å². The quantitative estimate of drug-likeness (QED) is 0.674. The first kappa shape index (κ1) is 17.2. The summed E-state index contributed by atoms with van der Waals surface area (Å²) in [7, 11) is 0. The highest BCUT2D eigenvalue weighted by molar-refractivity contribution is 4.90. The lowest BCUT2D eigenvalue weighted by molar-refractivity contribution is -0.0479. The lowest BCUT2D eigenvalue weighted by Gasteiger charge is -2.37. The Hall–Kier alpha value is -0.160. The Morgan fingerprint density at radius 2 is 1.86 bits per heavy atom. The van der Waals surface area contributed by atoms with Crippen LogP contribution in [-0.4, -0.2) is 47.7 Å². The Morgan fingerprint density at radius 3 is 2.52 bits per heavy atom. The maximum absolute atomic E-state index is 10.1. The monoisotopic (exact) mass is 299 g/mol. The van der Waals surface area contributed by atoms with Gasteiger partial charge in [-0.15, -0.1) is 0 Å². The summed E-state index contributed by atoms with van der Waals surface area (Å²) in [5, 5.41) is 23.2. The smallest absolute Gasteiger partial charge is 0.0898 e. The van der Waals surface area contributed by atoms with Gasteiger partial charge < -0.3 is 20.3 Å². The molecule has 21 heavy (non-hydrogen) atoms. The second-order valence-corrected chi connectivity index (χ2v) is 7.17. The molecule has 4 nitrogen and oxygen atoms in total. The molecule has 3 unspecified atom stereocenters. The number of rotatable bonds is 7. The third-order valence-electron chi connectivity index (χ3n) is 5.36. The van der Waals surface area contributed by atoms with E-state index in [0.717, 1.165) is 19.3 Å². The summed E-state index contributed by atoms with van der Waals surface area (Å²) in [6.45, 7) is 3.34. The molecule has 0 aromatic carbocycles. The van der Waals surface area contributed by atoms with Crippen molar-refractivity contribution in [2.75, 3.05) is 19.8 Å². The summed E-state index contributed by atoms with van der Waals surface area (Å²) in [5.74, 6) is 0.612. The Morgan fingerprint density at radius 1 is 1.14 bits per heavy atom. The van der Waals surface area contributed by atoms with Crippen LogP contribution in [0.3, 0.4) is 0 Å². The predicted octanol–water partition coefficient (Wildman–Crippen LogP) is 2.23. The average Bonchev–Trinajstić information content (AvgIpc) is 2.53. The molecule has 0 aromatic heterocycles. The summed E-state index contributed by atoms with van der Waals surface area (Å²) in [5.41, 5.74) is -0.169. The van der Waals surface area contributed by atoms with Gasteiger partial charge in [0.1, 0.15) is 0 Å². The molecule has 3 atom stereocenters. The van der Waals surface area contributed by atoms with Gasteiger partial charge in [-0.3, -0.25) is 0 Å². The van der Waals surface area contributed by atoms with E-state index in [-0.39, 0.29) is 12.1 Å². The number of β-amino-alcohol motifs (C(OH)–C–C–N with tert-alkyl or cyclic N) is 1. The second-order valence-electron chi connectivity index (χ2n) is 7.17. The molecule has 124 valence electrons. The van der Waals surface area contributed by atoms with Crippen molar-refractivity contribution in [2.45, 2.75) is 82.5 Å². The van der Waals surface area contributed by atoms with E-state index < -0.39 is 6.10 Å². The lowest BCUT2D eigenvalue weighted by Crippen LogP contribution is -2.52. The van der Waals surface area contributed by atoms with Crippen molar-refractivity contribution in [3.8, 4) is 0 Å². The number of hydrogen-bond donors (Lipinski definition) is 3. The molecule has 0 amide bonds. The number of aliphatic hydroxyl groups is 2. The first-order chi connectivity index (χ1) is 10.2. The van der Waals surface area contributed by atoms with Crippen LogP contribution in [0.4, 0.5) is 0 Å². The van der Waals surface area contributed by atoms with Crippen molar-refractivity contribution in [1.82, 2.24) is 5.32 Å². The highest BCUT2D eigenvalue weighted by Crippen LogP contribution is 2.28. The number of hydrogen-bond acceptors (Lipinski definition) is 4.